The van der Waals surface area contributed by atoms with Crippen LogP contribution in [-0.2, 0) is 19.1 Å². The van der Waals surface area contributed by atoms with Gasteiger partial charge in [0.25, 0.3) is 0 Å². The van der Waals surface area contributed by atoms with Gasteiger partial charge in [0.15, 0.2) is 0 Å². The van der Waals surface area contributed by atoms with Gasteiger partial charge >= 0.3 is 205 Å². The first-order chi connectivity index (χ1) is 17.4. The molecular formula is C28H42F3IO3SSi. The van der Waals surface area contributed by atoms with Crippen LogP contribution in [0.2, 0.25) is 19.6 Å². The maximum atomic E-state index is 13.3. The summed E-state index contributed by atoms with van der Waals surface area (Å²) in [7, 11) is -7.68. The van der Waals surface area contributed by atoms with Gasteiger partial charge in [-0.3, -0.25) is 0 Å². The van der Waals surface area contributed by atoms with Crippen molar-refractivity contribution in [3.05, 3.63) is 61.2 Å². The molecule has 0 saturated heterocycles. The standard InChI is InChI=1S/C28H42F3IO3SSi/c1-5-6-7-8-9-10-11-12-13-14-17-24-20-22-25(23-21-24)32(35-36(33,34)28(29,30)31)26-18-15-16-19-27(26)37(2,3)4/h15-16,18-23H,5-14,17H2,1-4H3. The summed E-state index contributed by atoms with van der Waals surface area (Å²) in [6.07, 6.45) is 13.5. The van der Waals surface area contributed by atoms with Gasteiger partial charge in [-0.1, -0.05) is 26.2 Å². The molecule has 2 rings (SSSR count). The molecule has 0 atom stereocenters. The van der Waals surface area contributed by atoms with E-state index >= 15 is 0 Å². The first-order valence-electron chi connectivity index (χ1n) is 13.3. The second-order valence-electron chi connectivity index (χ2n) is 10.5. The van der Waals surface area contributed by atoms with Crippen LogP contribution in [0.15, 0.2) is 48.5 Å². The van der Waals surface area contributed by atoms with E-state index in [1.165, 1.54) is 51.4 Å². The summed E-state index contributed by atoms with van der Waals surface area (Å²) >= 11 is -3.40. The Balaban J connectivity index is 2.08. The minimum atomic E-state index is -5.71. The van der Waals surface area contributed by atoms with E-state index in [9.17, 15) is 21.6 Å². The average Bonchev–Trinajstić information content (AvgIpc) is 2.83. The van der Waals surface area contributed by atoms with Gasteiger partial charge in [-0.2, -0.15) is 0 Å². The van der Waals surface area contributed by atoms with Gasteiger partial charge in [-0.25, -0.2) is 0 Å². The molecule has 3 nitrogen and oxygen atoms in total. The molecule has 0 saturated carbocycles. The fourth-order valence-corrected chi connectivity index (χ4v) is 15.0. The quantitative estimate of drug-likeness (QED) is 0.0775. The van der Waals surface area contributed by atoms with Crippen molar-refractivity contribution in [2.75, 3.05) is 0 Å². The van der Waals surface area contributed by atoms with Gasteiger partial charge in [0, 0.05) is 0 Å². The zero-order valence-corrected chi connectivity index (χ0v) is 26.5. The molecule has 0 aliphatic heterocycles. The van der Waals surface area contributed by atoms with Crippen LogP contribution in [0.3, 0.4) is 0 Å². The molecule has 0 aliphatic carbocycles. The van der Waals surface area contributed by atoms with E-state index in [1.807, 2.05) is 24.3 Å². The maximum absolute atomic E-state index is 13.3. The molecule has 37 heavy (non-hydrogen) atoms. The number of benzene rings is 2. The summed E-state index contributed by atoms with van der Waals surface area (Å²) in [5.74, 6) is 0. The number of aryl methyl sites for hydroxylation is 1. The average molecular weight is 671 g/mol. The molecule has 0 aromatic heterocycles. The number of hydrogen-bond donors (Lipinski definition) is 0. The van der Waals surface area contributed by atoms with Gasteiger partial charge in [0.1, 0.15) is 0 Å². The number of unbranched alkanes of at least 4 members (excludes halogenated alkanes) is 9. The van der Waals surface area contributed by atoms with Crippen LogP contribution in [0, 0.1) is 7.14 Å². The third kappa shape index (κ3) is 10.6. The van der Waals surface area contributed by atoms with Crippen molar-refractivity contribution < 1.29 is 24.1 Å². The summed E-state index contributed by atoms with van der Waals surface area (Å²) in [6, 6.07) is 14.6. The summed E-state index contributed by atoms with van der Waals surface area (Å²) in [5.41, 5.74) is -4.34. The minimum absolute atomic E-state index is 0.551. The van der Waals surface area contributed by atoms with Crippen LogP contribution < -0.4 is 5.19 Å². The predicted octanol–water partition coefficient (Wildman–Crippen LogP) is 9.02. The summed E-state index contributed by atoms with van der Waals surface area (Å²) in [4.78, 5) is 0. The van der Waals surface area contributed by atoms with Gasteiger partial charge in [0.05, 0.1) is 0 Å². The van der Waals surface area contributed by atoms with Crippen molar-refractivity contribution in [2.24, 2.45) is 0 Å². The Bertz CT molecular complexity index is 1050. The first kappa shape index (κ1) is 32.3. The van der Waals surface area contributed by atoms with E-state index in [0.29, 0.717) is 7.14 Å². The molecular weight excluding hydrogens is 628 g/mol. The molecule has 0 heterocycles. The molecule has 0 unspecified atom stereocenters. The molecule has 0 radical (unpaired) electrons. The van der Waals surface area contributed by atoms with Crippen LogP contribution in [0.5, 0.6) is 0 Å². The molecule has 0 N–H and O–H groups in total. The van der Waals surface area contributed by atoms with Crippen molar-refractivity contribution in [1.82, 2.24) is 0 Å². The predicted molar refractivity (Wildman–Crippen MR) is 159 cm³/mol. The molecule has 0 spiro atoms. The van der Waals surface area contributed by atoms with Crippen LogP contribution in [0.25, 0.3) is 0 Å². The fourth-order valence-electron chi connectivity index (χ4n) is 4.11. The van der Waals surface area contributed by atoms with Crippen molar-refractivity contribution >= 4 is 43.6 Å². The zero-order chi connectivity index (χ0) is 27.5. The van der Waals surface area contributed by atoms with Crippen molar-refractivity contribution in [2.45, 2.75) is 103 Å². The molecule has 9 heteroatoms. The Kier molecular flexibility index (Phi) is 13.1. The molecule has 2 aromatic rings. The Morgan fingerprint density at radius 3 is 1.81 bits per heavy atom. The monoisotopic (exact) mass is 670 g/mol. The topological polar surface area (TPSA) is 43.4 Å². The summed E-state index contributed by atoms with van der Waals surface area (Å²) < 4.78 is 70.1. The number of halogens is 4. The number of hydrogen-bond acceptors (Lipinski definition) is 3. The molecule has 2 aromatic carbocycles. The Morgan fingerprint density at radius 1 is 0.784 bits per heavy atom. The van der Waals surface area contributed by atoms with E-state index < -0.39 is 43.9 Å². The first-order valence-corrected chi connectivity index (χ1v) is 21.2. The van der Waals surface area contributed by atoms with Gasteiger partial charge < -0.3 is 0 Å². The third-order valence-electron chi connectivity index (χ3n) is 6.23. The van der Waals surface area contributed by atoms with Crippen molar-refractivity contribution in [3.63, 3.8) is 0 Å². The van der Waals surface area contributed by atoms with Crippen LogP contribution in [0.1, 0.15) is 76.7 Å². The van der Waals surface area contributed by atoms with Crippen LogP contribution in [0.4, 0.5) is 13.2 Å². The summed E-state index contributed by atoms with van der Waals surface area (Å²) in [6.45, 7) is 8.50. The SMILES string of the molecule is CCCCCCCCCCCCc1ccc(I(OS(=O)(=O)C(F)(F)F)c2ccccc2[Si](C)(C)C)cc1. The molecule has 0 amide bonds. The van der Waals surface area contributed by atoms with E-state index in [0.717, 1.165) is 30.0 Å². The zero-order valence-electron chi connectivity index (χ0n) is 22.5. The third-order valence-corrected chi connectivity index (χ3v) is 16.0. The van der Waals surface area contributed by atoms with E-state index in [4.69, 9.17) is 2.51 Å². The molecule has 0 bridgehead atoms. The Hall–Kier alpha value is -0.913. The van der Waals surface area contributed by atoms with E-state index in [1.54, 1.807) is 24.3 Å². The van der Waals surface area contributed by atoms with Crippen molar-refractivity contribution in [3.8, 4) is 0 Å². The Morgan fingerprint density at radius 2 is 1.30 bits per heavy atom. The fraction of sp³-hybridized carbons (Fsp3) is 0.571. The van der Waals surface area contributed by atoms with Gasteiger partial charge in [-0.05, 0) is 0 Å². The molecule has 0 aliphatic rings. The van der Waals surface area contributed by atoms with Crippen molar-refractivity contribution in [1.29, 1.82) is 0 Å². The van der Waals surface area contributed by atoms with Gasteiger partial charge in [0.2, 0.25) is 0 Å². The second-order valence-corrected chi connectivity index (χ2v) is 21.9. The summed E-state index contributed by atoms with van der Waals surface area (Å²) in [5, 5.41) is 0.937. The number of rotatable bonds is 16. The molecule has 210 valence electrons. The van der Waals surface area contributed by atoms with Gasteiger partial charge in [-0.15, -0.1) is 0 Å². The molecule has 0 fully saturated rings. The Labute approximate surface area is 230 Å². The van der Waals surface area contributed by atoms with Crippen LogP contribution in [-0.4, -0.2) is 22.0 Å². The normalized spacial score (nSPS) is 13.1. The number of alkyl halides is 3. The van der Waals surface area contributed by atoms with Crippen LogP contribution >= 0.6 is 20.2 Å². The second kappa shape index (κ2) is 15.0. The van der Waals surface area contributed by atoms with E-state index in [-0.39, 0.29) is 0 Å². The van der Waals surface area contributed by atoms with E-state index in [2.05, 4.69) is 26.6 Å².